The van der Waals surface area contributed by atoms with E-state index in [0.29, 0.717) is 34.5 Å². The van der Waals surface area contributed by atoms with Gasteiger partial charge in [0.1, 0.15) is 11.0 Å². The lowest BCUT2D eigenvalue weighted by Gasteiger charge is -2.18. The van der Waals surface area contributed by atoms with E-state index in [1.807, 2.05) is 13.1 Å². The molecule has 3 aromatic heterocycles. The van der Waals surface area contributed by atoms with Crippen LogP contribution in [0.3, 0.4) is 0 Å². The fourth-order valence-corrected chi connectivity index (χ4v) is 4.52. The van der Waals surface area contributed by atoms with Gasteiger partial charge < -0.3 is 15.7 Å². The molecule has 0 bridgehead atoms. The fourth-order valence-electron chi connectivity index (χ4n) is 4.52. The Morgan fingerprint density at radius 1 is 1.20 bits per heavy atom. The van der Waals surface area contributed by atoms with E-state index in [2.05, 4.69) is 39.3 Å². The summed E-state index contributed by atoms with van der Waals surface area (Å²) in [5, 5.41) is 17.5. The van der Waals surface area contributed by atoms with Gasteiger partial charge in [-0.05, 0) is 69.1 Å². The molecule has 5 rings (SSSR count). The maximum absolute atomic E-state index is 13.2. The van der Waals surface area contributed by atoms with Gasteiger partial charge in [0.15, 0.2) is 11.5 Å². The Balaban J connectivity index is 1.59. The molecule has 4 aromatic rings. The molecule has 0 saturated carbocycles. The average Bonchev–Trinajstić information content (AvgIpc) is 3.37. The molecule has 9 nitrogen and oxygen atoms in total. The highest BCUT2D eigenvalue weighted by molar-refractivity contribution is 5.77. The molecular weight excluding hydrogens is 442 g/mol. The van der Waals surface area contributed by atoms with Crippen molar-refractivity contribution >= 4 is 22.7 Å². The number of nitrogens with one attached hydrogen (secondary N) is 2. The minimum Gasteiger partial charge on any atom is -0.384 e. The zero-order valence-corrected chi connectivity index (χ0v) is 20.1. The van der Waals surface area contributed by atoms with Crippen molar-refractivity contribution in [3.8, 4) is 5.82 Å². The minimum absolute atomic E-state index is 0.238. The van der Waals surface area contributed by atoms with Crippen LogP contribution < -0.4 is 16.2 Å². The van der Waals surface area contributed by atoms with Crippen molar-refractivity contribution in [2.75, 3.05) is 12.4 Å². The zero-order chi connectivity index (χ0) is 24.7. The molecule has 3 heterocycles. The van der Waals surface area contributed by atoms with E-state index >= 15 is 0 Å². The predicted octanol–water partition coefficient (Wildman–Crippen LogP) is 2.82. The van der Waals surface area contributed by atoms with Gasteiger partial charge in [-0.1, -0.05) is 18.2 Å². The van der Waals surface area contributed by atoms with Gasteiger partial charge in [0, 0.05) is 17.9 Å². The normalized spacial score (nSPS) is 15.4. The Kier molecular flexibility index (Phi) is 5.74. The van der Waals surface area contributed by atoms with Crippen molar-refractivity contribution < 1.29 is 5.11 Å². The number of hydrogen-bond acceptors (Lipinski definition) is 7. The molecule has 1 aromatic carbocycles. The van der Waals surface area contributed by atoms with Crippen LogP contribution in [0.25, 0.3) is 16.9 Å². The van der Waals surface area contributed by atoms with Crippen LogP contribution in [0.15, 0.2) is 60.0 Å². The number of aromatic nitrogens is 5. The van der Waals surface area contributed by atoms with Crippen molar-refractivity contribution in [2.45, 2.75) is 44.9 Å². The van der Waals surface area contributed by atoms with E-state index in [1.165, 1.54) is 22.0 Å². The Bertz CT molecular complexity index is 1480. The molecular formula is C26H29N7O2. The number of benzene rings is 1. The van der Waals surface area contributed by atoms with Crippen molar-refractivity contribution in [3.05, 3.63) is 82.4 Å². The lowest BCUT2D eigenvalue weighted by atomic mass is 10.1. The molecule has 0 amide bonds. The van der Waals surface area contributed by atoms with E-state index < -0.39 is 5.60 Å². The van der Waals surface area contributed by atoms with Crippen LogP contribution in [-0.2, 0) is 25.0 Å². The number of fused-ring (bicyclic) bond motifs is 2. The third kappa shape index (κ3) is 4.24. The topological polar surface area (TPSA) is 110 Å². The second kappa shape index (κ2) is 8.75. The Labute approximate surface area is 203 Å². The van der Waals surface area contributed by atoms with Gasteiger partial charge in [-0.15, -0.1) is 6.58 Å². The van der Waals surface area contributed by atoms with Gasteiger partial charge in [0.25, 0.3) is 5.56 Å². The molecule has 1 atom stereocenters. The number of pyridine rings is 1. The maximum atomic E-state index is 13.2. The van der Waals surface area contributed by atoms with Crippen molar-refractivity contribution in [2.24, 2.45) is 0 Å². The van der Waals surface area contributed by atoms with Crippen molar-refractivity contribution in [1.82, 2.24) is 29.6 Å². The molecule has 1 aliphatic carbocycles. The van der Waals surface area contributed by atoms with Crippen LogP contribution in [0.5, 0.6) is 0 Å². The summed E-state index contributed by atoms with van der Waals surface area (Å²) >= 11 is 0. The molecule has 0 fully saturated rings. The third-order valence-corrected chi connectivity index (χ3v) is 6.36. The summed E-state index contributed by atoms with van der Waals surface area (Å²) in [4.78, 5) is 26.9. The van der Waals surface area contributed by atoms with Crippen LogP contribution in [0, 0.1) is 0 Å². The lowest BCUT2D eigenvalue weighted by Crippen LogP contribution is -2.24. The van der Waals surface area contributed by atoms with Gasteiger partial charge >= 0.3 is 0 Å². The first kappa shape index (κ1) is 22.9. The molecule has 0 radical (unpaired) electrons. The highest BCUT2D eigenvalue weighted by Gasteiger charge is 2.23. The number of nitrogens with zero attached hydrogens (tertiary/aromatic N) is 5. The summed E-state index contributed by atoms with van der Waals surface area (Å²) in [7, 11) is 1.99. The van der Waals surface area contributed by atoms with Crippen LogP contribution in [0.1, 0.15) is 30.7 Å². The summed E-state index contributed by atoms with van der Waals surface area (Å²) in [5.74, 6) is 0.850. The fraction of sp³-hybridized carbons (Fsp3) is 0.308. The molecule has 0 spiro atoms. The quantitative estimate of drug-likeness (QED) is 0.356. The van der Waals surface area contributed by atoms with Crippen LogP contribution in [0.2, 0.25) is 0 Å². The molecule has 0 saturated heterocycles. The summed E-state index contributed by atoms with van der Waals surface area (Å²) in [6.45, 7) is 7.39. The first-order chi connectivity index (χ1) is 16.8. The molecule has 1 aliphatic rings. The maximum Gasteiger partial charge on any atom is 0.278 e. The zero-order valence-electron chi connectivity index (χ0n) is 20.1. The first-order valence-electron chi connectivity index (χ1n) is 11.6. The Morgan fingerprint density at radius 3 is 2.74 bits per heavy atom. The number of allylic oxidation sites excluding steroid dienone is 1. The van der Waals surface area contributed by atoms with Gasteiger partial charge in [0.2, 0.25) is 5.95 Å². The summed E-state index contributed by atoms with van der Waals surface area (Å²) < 4.78 is 3.17. The largest absolute Gasteiger partial charge is 0.384 e. The van der Waals surface area contributed by atoms with Crippen LogP contribution in [-0.4, -0.2) is 42.5 Å². The SMILES string of the molecule is C=CCn1c(=O)c2cnc(Nc3ccc4c(c3)CC(NC)C4)nc2n1-c1cccc(C(C)(C)O)n1. The highest BCUT2D eigenvalue weighted by Crippen LogP contribution is 2.27. The van der Waals surface area contributed by atoms with Gasteiger partial charge in [-0.2, -0.15) is 4.98 Å². The van der Waals surface area contributed by atoms with Crippen molar-refractivity contribution in [3.63, 3.8) is 0 Å². The number of likely N-dealkylation sites (N-methyl/N-ethyl adjacent to an activating group) is 1. The van der Waals surface area contributed by atoms with Crippen molar-refractivity contribution in [1.29, 1.82) is 0 Å². The Hall–Kier alpha value is -3.82. The minimum atomic E-state index is -1.13. The molecule has 0 aliphatic heterocycles. The van der Waals surface area contributed by atoms with Crippen LogP contribution in [0.4, 0.5) is 11.6 Å². The number of anilines is 2. The van der Waals surface area contributed by atoms with E-state index in [-0.39, 0.29) is 12.1 Å². The highest BCUT2D eigenvalue weighted by atomic mass is 16.3. The molecule has 180 valence electrons. The number of aliphatic hydroxyl groups is 1. The average molecular weight is 472 g/mol. The van der Waals surface area contributed by atoms with E-state index in [1.54, 1.807) is 42.8 Å². The monoisotopic (exact) mass is 471 g/mol. The summed E-state index contributed by atoms with van der Waals surface area (Å²) in [5.41, 5.74) is 3.07. The lowest BCUT2D eigenvalue weighted by molar-refractivity contribution is 0.0738. The molecule has 9 heteroatoms. The predicted molar refractivity (Wildman–Crippen MR) is 136 cm³/mol. The molecule has 35 heavy (non-hydrogen) atoms. The standard InChI is InChI=1S/C26H29N7O2/c1-5-11-32-24(34)20-15-28-25(29-18-10-9-16-12-19(27-4)14-17(16)13-18)31-23(20)33(32)22-8-6-7-21(30-22)26(2,3)35/h5-10,13,15,19,27,35H,1,11-12,14H2,2-4H3,(H,28,29,31). The molecule has 3 N–H and O–H groups in total. The third-order valence-electron chi connectivity index (χ3n) is 6.36. The van der Waals surface area contributed by atoms with E-state index in [0.717, 1.165) is 18.5 Å². The number of hydrogen-bond donors (Lipinski definition) is 3. The van der Waals surface area contributed by atoms with E-state index in [9.17, 15) is 9.90 Å². The Morgan fingerprint density at radius 2 is 2.00 bits per heavy atom. The summed E-state index contributed by atoms with van der Waals surface area (Å²) in [6.07, 6.45) is 5.18. The number of rotatable bonds is 7. The second-order valence-corrected chi connectivity index (χ2v) is 9.36. The van der Waals surface area contributed by atoms with Gasteiger partial charge in [-0.3, -0.25) is 4.79 Å². The smallest absolute Gasteiger partial charge is 0.278 e. The van der Waals surface area contributed by atoms with Gasteiger partial charge in [0.05, 0.1) is 12.2 Å². The second-order valence-electron chi connectivity index (χ2n) is 9.36. The van der Waals surface area contributed by atoms with Crippen LogP contribution >= 0.6 is 0 Å². The van der Waals surface area contributed by atoms with Gasteiger partial charge in [-0.25, -0.2) is 19.3 Å². The molecule has 1 unspecified atom stereocenters. The summed E-state index contributed by atoms with van der Waals surface area (Å²) in [6, 6.07) is 12.1. The first-order valence-corrected chi connectivity index (χ1v) is 11.6. The van der Waals surface area contributed by atoms with E-state index in [4.69, 9.17) is 4.98 Å².